The summed E-state index contributed by atoms with van der Waals surface area (Å²) in [7, 11) is 0. The van der Waals surface area contributed by atoms with Crippen LogP contribution in [0.15, 0.2) is 6.07 Å². The molecule has 1 aromatic rings. The molecular formula is C11H18N4. The zero-order valence-electron chi connectivity index (χ0n) is 9.45. The van der Waals surface area contributed by atoms with Gasteiger partial charge >= 0.3 is 0 Å². The second kappa shape index (κ2) is 6.20. The summed E-state index contributed by atoms with van der Waals surface area (Å²) in [4.78, 5) is 0. The van der Waals surface area contributed by atoms with Crippen LogP contribution in [0, 0.1) is 25.2 Å². The summed E-state index contributed by atoms with van der Waals surface area (Å²) in [5, 5.41) is 15.9. The minimum Gasteiger partial charge on any atom is -0.316 e. The maximum atomic E-state index is 8.34. The average molecular weight is 206 g/mol. The number of nitriles is 1. The zero-order chi connectivity index (χ0) is 11.1. The molecule has 0 atom stereocenters. The summed E-state index contributed by atoms with van der Waals surface area (Å²) >= 11 is 0. The summed E-state index contributed by atoms with van der Waals surface area (Å²) < 4.78 is 2.03. The van der Waals surface area contributed by atoms with Crippen molar-refractivity contribution < 1.29 is 0 Å². The Balaban J connectivity index is 2.15. The van der Waals surface area contributed by atoms with E-state index in [1.807, 2.05) is 11.6 Å². The molecule has 0 unspecified atom stereocenters. The van der Waals surface area contributed by atoms with Gasteiger partial charge in [0.2, 0.25) is 0 Å². The highest BCUT2D eigenvalue weighted by molar-refractivity contribution is 5.06. The third kappa shape index (κ3) is 4.13. The molecule has 4 heteroatoms. The molecule has 0 spiro atoms. The van der Waals surface area contributed by atoms with Crippen molar-refractivity contribution in [2.45, 2.75) is 33.2 Å². The van der Waals surface area contributed by atoms with Crippen molar-refractivity contribution in [2.24, 2.45) is 0 Å². The van der Waals surface area contributed by atoms with Crippen LogP contribution in [0.2, 0.25) is 0 Å². The van der Waals surface area contributed by atoms with E-state index in [4.69, 9.17) is 5.26 Å². The predicted molar refractivity (Wildman–Crippen MR) is 59.4 cm³/mol. The maximum Gasteiger partial charge on any atom is 0.0635 e. The Labute approximate surface area is 90.9 Å². The molecule has 0 saturated carbocycles. The van der Waals surface area contributed by atoms with Crippen LogP contribution in [0.3, 0.4) is 0 Å². The smallest absolute Gasteiger partial charge is 0.0635 e. The molecular weight excluding hydrogens is 188 g/mol. The summed E-state index contributed by atoms with van der Waals surface area (Å²) in [5.74, 6) is 0. The molecule has 82 valence electrons. The quantitative estimate of drug-likeness (QED) is 0.716. The molecule has 0 aromatic carbocycles. The molecule has 0 aliphatic heterocycles. The second-order valence-electron chi connectivity index (χ2n) is 3.66. The van der Waals surface area contributed by atoms with E-state index in [1.165, 1.54) is 5.69 Å². The van der Waals surface area contributed by atoms with Crippen LogP contribution >= 0.6 is 0 Å². The largest absolute Gasteiger partial charge is 0.316 e. The van der Waals surface area contributed by atoms with Gasteiger partial charge in [0.05, 0.1) is 11.8 Å². The van der Waals surface area contributed by atoms with Gasteiger partial charge < -0.3 is 5.32 Å². The fourth-order valence-electron chi connectivity index (χ4n) is 1.52. The van der Waals surface area contributed by atoms with Gasteiger partial charge in [-0.15, -0.1) is 0 Å². The van der Waals surface area contributed by atoms with Gasteiger partial charge in [0.25, 0.3) is 0 Å². The van der Waals surface area contributed by atoms with Crippen molar-refractivity contribution in [1.29, 1.82) is 5.26 Å². The van der Waals surface area contributed by atoms with Gasteiger partial charge in [0.15, 0.2) is 0 Å². The molecule has 4 nitrogen and oxygen atoms in total. The summed E-state index contributed by atoms with van der Waals surface area (Å²) in [6.07, 6.45) is 1.63. The van der Waals surface area contributed by atoms with Crippen molar-refractivity contribution in [3.05, 3.63) is 17.5 Å². The van der Waals surface area contributed by atoms with Crippen LogP contribution in [-0.2, 0) is 6.54 Å². The molecule has 1 N–H and O–H groups in total. The Morgan fingerprint density at radius 3 is 2.87 bits per heavy atom. The third-order valence-corrected chi connectivity index (χ3v) is 2.24. The number of aryl methyl sites for hydroxylation is 3. The van der Waals surface area contributed by atoms with Gasteiger partial charge in [-0.2, -0.15) is 10.4 Å². The van der Waals surface area contributed by atoms with Crippen molar-refractivity contribution in [2.75, 3.05) is 13.1 Å². The SMILES string of the molecule is Cc1cc(C)n(CCCNCCC#N)n1. The maximum absolute atomic E-state index is 8.34. The molecule has 0 amide bonds. The van der Waals surface area contributed by atoms with E-state index in [-0.39, 0.29) is 0 Å². The second-order valence-corrected chi connectivity index (χ2v) is 3.66. The first kappa shape index (κ1) is 11.7. The third-order valence-electron chi connectivity index (χ3n) is 2.24. The lowest BCUT2D eigenvalue weighted by molar-refractivity contribution is 0.535. The Hall–Kier alpha value is -1.34. The highest BCUT2D eigenvalue weighted by atomic mass is 15.3. The number of hydrogen-bond donors (Lipinski definition) is 1. The number of aromatic nitrogens is 2. The monoisotopic (exact) mass is 206 g/mol. The Morgan fingerprint density at radius 2 is 2.27 bits per heavy atom. The fourth-order valence-corrected chi connectivity index (χ4v) is 1.52. The average Bonchev–Trinajstić information content (AvgIpc) is 2.51. The summed E-state index contributed by atoms with van der Waals surface area (Å²) in [6.45, 7) is 6.75. The van der Waals surface area contributed by atoms with Crippen LogP contribution in [0.25, 0.3) is 0 Å². The molecule has 1 heterocycles. The topological polar surface area (TPSA) is 53.6 Å². The van der Waals surface area contributed by atoms with Gasteiger partial charge in [0.1, 0.15) is 0 Å². The Morgan fingerprint density at radius 1 is 1.47 bits per heavy atom. The normalized spacial score (nSPS) is 10.2. The van der Waals surface area contributed by atoms with Gasteiger partial charge in [-0.3, -0.25) is 4.68 Å². The van der Waals surface area contributed by atoms with Crippen LogP contribution in [-0.4, -0.2) is 22.9 Å². The predicted octanol–water partition coefficient (Wildman–Crippen LogP) is 1.39. The minimum atomic E-state index is 0.583. The zero-order valence-corrected chi connectivity index (χ0v) is 9.45. The lowest BCUT2D eigenvalue weighted by atomic mass is 10.3. The van der Waals surface area contributed by atoms with Gasteiger partial charge in [-0.1, -0.05) is 0 Å². The molecule has 0 bridgehead atoms. The lowest BCUT2D eigenvalue weighted by Gasteiger charge is -2.04. The molecule has 1 aromatic heterocycles. The van der Waals surface area contributed by atoms with Crippen molar-refractivity contribution >= 4 is 0 Å². The Kier molecular flexibility index (Phi) is 4.85. The molecule has 0 radical (unpaired) electrons. The van der Waals surface area contributed by atoms with Crippen molar-refractivity contribution in [3.8, 4) is 6.07 Å². The first-order chi connectivity index (χ1) is 7.24. The van der Waals surface area contributed by atoms with Gasteiger partial charge in [0, 0.05) is 25.2 Å². The van der Waals surface area contributed by atoms with E-state index in [2.05, 4.69) is 29.5 Å². The van der Waals surface area contributed by atoms with E-state index < -0.39 is 0 Å². The molecule has 0 aliphatic carbocycles. The van der Waals surface area contributed by atoms with Crippen molar-refractivity contribution in [3.63, 3.8) is 0 Å². The summed E-state index contributed by atoms with van der Waals surface area (Å²) in [6, 6.07) is 4.20. The molecule has 0 fully saturated rings. The number of hydrogen-bond acceptors (Lipinski definition) is 3. The first-order valence-corrected chi connectivity index (χ1v) is 5.33. The number of rotatable bonds is 6. The number of nitrogens with one attached hydrogen (secondary N) is 1. The molecule has 0 saturated heterocycles. The van der Waals surface area contributed by atoms with Crippen LogP contribution in [0.4, 0.5) is 0 Å². The molecule has 0 aliphatic rings. The lowest BCUT2D eigenvalue weighted by Crippen LogP contribution is -2.18. The highest BCUT2D eigenvalue weighted by Crippen LogP contribution is 2.01. The van der Waals surface area contributed by atoms with Crippen LogP contribution < -0.4 is 5.32 Å². The number of nitrogens with zero attached hydrogens (tertiary/aromatic N) is 3. The fraction of sp³-hybridized carbons (Fsp3) is 0.636. The molecule has 1 rings (SSSR count). The van der Waals surface area contributed by atoms with Gasteiger partial charge in [-0.25, -0.2) is 0 Å². The highest BCUT2D eigenvalue weighted by Gasteiger charge is 1.99. The van der Waals surface area contributed by atoms with E-state index >= 15 is 0 Å². The van der Waals surface area contributed by atoms with Crippen molar-refractivity contribution in [1.82, 2.24) is 15.1 Å². The van der Waals surface area contributed by atoms with Crippen LogP contribution in [0.5, 0.6) is 0 Å². The standard InChI is InChI=1S/C11H18N4/c1-10-9-11(2)15(14-10)8-4-7-13-6-3-5-12/h9,13H,3-4,6-8H2,1-2H3. The van der Waals surface area contributed by atoms with E-state index in [0.717, 1.165) is 31.7 Å². The Bertz CT molecular complexity index is 335. The summed E-state index contributed by atoms with van der Waals surface area (Å²) in [5.41, 5.74) is 2.29. The van der Waals surface area contributed by atoms with E-state index in [1.54, 1.807) is 0 Å². The first-order valence-electron chi connectivity index (χ1n) is 5.33. The molecule has 15 heavy (non-hydrogen) atoms. The van der Waals surface area contributed by atoms with Crippen LogP contribution in [0.1, 0.15) is 24.2 Å². The van der Waals surface area contributed by atoms with Gasteiger partial charge in [-0.05, 0) is 32.9 Å². The van der Waals surface area contributed by atoms with E-state index in [9.17, 15) is 0 Å². The minimum absolute atomic E-state index is 0.583. The van der Waals surface area contributed by atoms with E-state index in [0.29, 0.717) is 6.42 Å².